The highest BCUT2D eigenvalue weighted by atomic mass is 19.1. The van der Waals surface area contributed by atoms with Gasteiger partial charge in [-0.15, -0.1) is 0 Å². The minimum atomic E-state index is -0.761. The second-order valence-corrected chi connectivity index (χ2v) is 6.86. The lowest BCUT2D eigenvalue weighted by molar-refractivity contribution is 0.00578. The number of halogens is 1. The van der Waals surface area contributed by atoms with Crippen LogP contribution in [0.1, 0.15) is 47.1 Å². The Bertz CT molecular complexity index is 525. The minimum absolute atomic E-state index is 0.0479. The molecule has 5 heteroatoms. The SMILES string of the molecule is Cc1ccc(OC(C)C)c(B2OC(C)(C)C(C)(C)O2)c1F. The summed E-state index contributed by atoms with van der Waals surface area (Å²) in [6, 6.07) is 3.49. The van der Waals surface area contributed by atoms with Gasteiger partial charge in [-0.2, -0.15) is 0 Å². The predicted molar refractivity (Wildman–Crippen MR) is 82.6 cm³/mol. The van der Waals surface area contributed by atoms with Gasteiger partial charge in [-0.3, -0.25) is 0 Å². The van der Waals surface area contributed by atoms with E-state index in [1.165, 1.54) is 0 Å². The zero-order chi connectivity index (χ0) is 16.0. The highest BCUT2D eigenvalue weighted by Crippen LogP contribution is 2.37. The van der Waals surface area contributed by atoms with Crippen molar-refractivity contribution in [2.75, 3.05) is 0 Å². The number of hydrogen-bond acceptors (Lipinski definition) is 3. The first-order valence-corrected chi connectivity index (χ1v) is 7.36. The molecule has 1 aliphatic rings. The van der Waals surface area contributed by atoms with Gasteiger partial charge in [-0.1, -0.05) is 6.07 Å². The Morgan fingerprint density at radius 3 is 2.10 bits per heavy atom. The Hall–Kier alpha value is -1.07. The summed E-state index contributed by atoms with van der Waals surface area (Å²) in [6.07, 6.45) is -0.0479. The van der Waals surface area contributed by atoms with E-state index in [2.05, 4.69) is 0 Å². The van der Waals surface area contributed by atoms with Crippen LogP contribution in [0.25, 0.3) is 0 Å². The molecule has 2 rings (SSSR count). The third-order valence-electron chi connectivity index (χ3n) is 4.18. The molecular weight excluding hydrogens is 270 g/mol. The Balaban J connectivity index is 2.46. The molecule has 1 aliphatic heterocycles. The molecule has 1 aromatic carbocycles. The van der Waals surface area contributed by atoms with E-state index in [9.17, 15) is 4.39 Å². The Kier molecular flexibility index (Phi) is 4.11. The lowest BCUT2D eigenvalue weighted by Gasteiger charge is -2.32. The fourth-order valence-corrected chi connectivity index (χ4v) is 2.22. The normalized spacial score (nSPS) is 20.1. The second kappa shape index (κ2) is 5.29. The summed E-state index contributed by atoms with van der Waals surface area (Å²) in [7, 11) is -0.761. The van der Waals surface area contributed by atoms with Crippen LogP contribution < -0.4 is 10.2 Å². The number of hydrogen-bond donors (Lipinski definition) is 0. The molecule has 116 valence electrons. The number of ether oxygens (including phenoxy) is 1. The van der Waals surface area contributed by atoms with E-state index in [4.69, 9.17) is 14.0 Å². The first-order chi connectivity index (χ1) is 9.55. The smallest absolute Gasteiger partial charge is 0.491 e. The van der Waals surface area contributed by atoms with Gasteiger partial charge in [-0.05, 0) is 60.1 Å². The van der Waals surface area contributed by atoms with Crippen LogP contribution >= 0.6 is 0 Å². The minimum Gasteiger partial charge on any atom is -0.491 e. The average molecular weight is 294 g/mol. The Labute approximate surface area is 126 Å². The predicted octanol–water partition coefficient (Wildman–Crippen LogP) is 3.22. The van der Waals surface area contributed by atoms with Crippen molar-refractivity contribution >= 4 is 12.6 Å². The third kappa shape index (κ3) is 2.95. The molecule has 1 aromatic rings. The van der Waals surface area contributed by atoms with Gasteiger partial charge in [0.05, 0.1) is 22.8 Å². The van der Waals surface area contributed by atoms with Crippen molar-refractivity contribution in [3.05, 3.63) is 23.5 Å². The van der Waals surface area contributed by atoms with Crippen molar-refractivity contribution in [2.45, 2.75) is 65.8 Å². The van der Waals surface area contributed by atoms with E-state index in [0.29, 0.717) is 16.8 Å². The van der Waals surface area contributed by atoms with Crippen LogP contribution in [0.15, 0.2) is 12.1 Å². The maximum absolute atomic E-state index is 14.6. The maximum atomic E-state index is 14.6. The lowest BCUT2D eigenvalue weighted by atomic mass is 9.77. The van der Waals surface area contributed by atoms with Crippen LogP contribution in [0.4, 0.5) is 4.39 Å². The molecule has 0 amide bonds. The molecule has 0 unspecified atom stereocenters. The summed E-state index contributed by atoms with van der Waals surface area (Å²) in [4.78, 5) is 0. The van der Waals surface area contributed by atoms with E-state index >= 15 is 0 Å². The monoisotopic (exact) mass is 294 g/mol. The van der Waals surface area contributed by atoms with E-state index in [0.717, 1.165) is 0 Å². The zero-order valence-electron chi connectivity index (χ0n) is 13.9. The van der Waals surface area contributed by atoms with Crippen molar-refractivity contribution in [3.8, 4) is 5.75 Å². The number of rotatable bonds is 3. The first kappa shape index (κ1) is 16.3. The summed E-state index contributed by atoms with van der Waals surface area (Å²) >= 11 is 0. The molecule has 1 fully saturated rings. The number of aryl methyl sites for hydroxylation is 1. The van der Waals surface area contributed by atoms with Crippen LogP contribution in [0.5, 0.6) is 5.75 Å². The van der Waals surface area contributed by atoms with E-state index < -0.39 is 18.3 Å². The summed E-state index contributed by atoms with van der Waals surface area (Å²) in [5.74, 6) is 0.151. The van der Waals surface area contributed by atoms with Crippen LogP contribution in [0.2, 0.25) is 0 Å². The van der Waals surface area contributed by atoms with Gasteiger partial charge >= 0.3 is 7.12 Å². The van der Waals surface area contributed by atoms with Crippen molar-refractivity contribution in [2.24, 2.45) is 0 Å². The topological polar surface area (TPSA) is 27.7 Å². The molecule has 3 nitrogen and oxygen atoms in total. The van der Waals surface area contributed by atoms with Crippen molar-refractivity contribution < 1.29 is 18.4 Å². The molecule has 0 bridgehead atoms. The van der Waals surface area contributed by atoms with Crippen molar-refractivity contribution in [3.63, 3.8) is 0 Å². The molecule has 0 saturated carbocycles. The fraction of sp³-hybridized carbons (Fsp3) is 0.625. The van der Waals surface area contributed by atoms with Gasteiger partial charge in [0.2, 0.25) is 0 Å². The molecule has 0 aliphatic carbocycles. The molecule has 0 radical (unpaired) electrons. The Morgan fingerprint density at radius 2 is 1.62 bits per heavy atom. The molecule has 21 heavy (non-hydrogen) atoms. The quantitative estimate of drug-likeness (QED) is 0.801. The molecule has 0 spiro atoms. The van der Waals surface area contributed by atoms with Crippen LogP contribution in [-0.4, -0.2) is 24.4 Å². The second-order valence-electron chi connectivity index (χ2n) is 6.86. The van der Waals surface area contributed by atoms with E-state index in [1.54, 1.807) is 19.1 Å². The van der Waals surface area contributed by atoms with Gasteiger partial charge in [0.15, 0.2) is 0 Å². The molecule has 0 aromatic heterocycles. The fourth-order valence-electron chi connectivity index (χ4n) is 2.22. The molecule has 1 saturated heterocycles. The summed E-state index contributed by atoms with van der Waals surface area (Å²) in [5, 5.41) is 0. The number of benzene rings is 1. The van der Waals surface area contributed by atoms with Crippen LogP contribution in [-0.2, 0) is 9.31 Å². The first-order valence-electron chi connectivity index (χ1n) is 7.36. The van der Waals surface area contributed by atoms with Gasteiger partial charge in [0.1, 0.15) is 11.6 Å². The highest BCUT2D eigenvalue weighted by molar-refractivity contribution is 6.63. The summed E-state index contributed by atoms with van der Waals surface area (Å²) in [5.41, 5.74) is -0.121. The van der Waals surface area contributed by atoms with E-state index in [-0.39, 0.29) is 11.9 Å². The highest BCUT2D eigenvalue weighted by Gasteiger charge is 2.53. The lowest BCUT2D eigenvalue weighted by Crippen LogP contribution is -2.41. The summed E-state index contributed by atoms with van der Waals surface area (Å²) in [6.45, 7) is 13.3. The average Bonchev–Trinajstić information content (AvgIpc) is 2.52. The van der Waals surface area contributed by atoms with Crippen molar-refractivity contribution in [1.82, 2.24) is 0 Å². The largest absolute Gasteiger partial charge is 0.501 e. The van der Waals surface area contributed by atoms with Gasteiger partial charge in [-0.25, -0.2) is 4.39 Å². The Morgan fingerprint density at radius 1 is 1.10 bits per heavy atom. The van der Waals surface area contributed by atoms with Crippen molar-refractivity contribution in [1.29, 1.82) is 0 Å². The van der Waals surface area contributed by atoms with Gasteiger partial charge < -0.3 is 14.0 Å². The molecule has 0 N–H and O–H groups in total. The maximum Gasteiger partial charge on any atom is 0.501 e. The summed E-state index contributed by atoms with van der Waals surface area (Å²) < 4.78 is 32.3. The molecular formula is C16H24BFO3. The molecule has 1 heterocycles. The van der Waals surface area contributed by atoms with Crippen LogP contribution in [0, 0.1) is 12.7 Å². The standard InChI is InChI=1S/C16H24BFO3/c1-10(2)19-12-9-8-11(3)14(18)13(12)17-20-15(4,5)16(6,7)21-17/h8-10H,1-7H3. The molecule has 0 atom stereocenters. The van der Waals surface area contributed by atoms with Crippen LogP contribution in [0.3, 0.4) is 0 Å². The van der Waals surface area contributed by atoms with E-state index in [1.807, 2.05) is 41.5 Å². The van der Waals surface area contributed by atoms with Gasteiger partial charge in [0.25, 0.3) is 0 Å². The zero-order valence-corrected chi connectivity index (χ0v) is 13.9. The van der Waals surface area contributed by atoms with Gasteiger partial charge in [0, 0.05) is 0 Å². The third-order valence-corrected chi connectivity index (χ3v) is 4.18.